The third-order valence-corrected chi connectivity index (χ3v) is 3.37. The van der Waals surface area contributed by atoms with Gasteiger partial charge in [-0.15, -0.1) is 12.4 Å². The lowest BCUT2D eigenvalue weighted by Gasteiger charge is -2.29. The van der Waals surface area contributed by atoms with Gasteiger partial charge in [-0.25, -0.2) is 4.79 Å². The first kappa shape index (κ1) is 21.0. The molecule has 0 unspecified atom stereocenters. The summed E-state index contributed by atoms with van der Waals surface area (Å²) in [5, 5.41) is 11.9. The van der Waals surface area contributed by atoms with Crippen LogP contribution in [0.1, 0.15) is 47.5 Å². The second-order valence-electron chi connectivity index (χ2n) is 7.12. The molecule has 0 aromatic rings. The summed E-state index contributed by atoms with van der Waals surface area (Å²) < 4.78 is 0. The summed E-state index contributed by atoms with van der Waals surface area (Å²) in [4.78, 5) is 24.3. The third-order valence-electron chi connectivity index (χ3n) is 3.37. The van der Waals surface area contributed by atoms with E-state index in [1.807, 2.05) is 34.6 Å². The minimum atomic E-state index is -0.519. The highest BCUT2D eigenvalue weighted by molar-refractivity contribution is 5.87. The first-order valence-corrected chi connectivity index (χ1v) is 7.79. The molecule has 130 valence electrons. The molecular formula is C15H31ClN4O2. The van der Waals surface area contributed by atoms with E-state index in [9.17, 15) is 9.59 Å². The van der Waals surface area contributed by atoms with Gasteiger partial charge >= 0.3 is 6.03 Å². The van der Waals surface area contributed by atoms with Crippen LogP contribution in [0.3, 0.4) is 0 Å². The van der Waals surface area contributed by atoms with Crippen molar-refractivity contribution in [2.75, 3.05) is 13.1 Å². The molecule has 0 bridgehead atoms. The molecule has 0 radical (unpaired) electrons. The molecule has 1 aliphatic heterocycles. The first-order valence-electron chi connectivity index (χ1n) is 7.79. The third kappa shape index (κ3) is 7.84. The summed E-state index contributed by atoms with van der Waals surface area (Å²) in [7, 11) is 0. The molecule has 1 fully saturated rings. The van der Waals surface area contributed by atoms with Gasteiger partial charge < -0.3 is 21.3 Å². The second kappa shape index (κ2) is 9.20. The van der Waals surface area contributed by atoms with Gasteiger partial charge in [0.25, 0.3) is 0 Å². The lowest BCUT2D eigenvalue weighted by molar-refractivity contribution is -0.124. The van der Waals surface area contributed by atoms with Gasteiger partial charge in [0, 0.05) is 18.1 Å². The van der Waals surface area contributed by atoms with E-state index >= 15 is 0 Å². The molecule has 1 aliphatic rings. The molecule has 0 aliphatic carbocycles. The minimum absolute atomic E-state index is 0. The van der Waals surface area contributed by atoms with Crippen LogP contribution in [0.15, 0.2) is 0 Å². The van der Waals surface area contributed by atoms with Gasteiger partial charge in [0.2, 0.25) is 5.91 Å². The molecule has 22 heavy (non-hydrogen) atoms. The summed E-state index contributed by atoms with van der Waals surface area (Å²) in [6.07, 6.45) is 2.05. The molecule has 7 heteroatoms. The smallest absolute Gasteiger partial charge is 0.315 e. The van der Waals surface area contributed by atoms with E-state index in [2.05, 4.69) is 21.3 Å². The zero-order chi connectivity index (χ0) is 16.0. The van der Waals surface area contributed by atoms with Crippen LogP contribution in [-0.2, 0) is 4.79 Å². The number of nitrogens with one attached hydrogen (secondary N) is 4. The Balaban J connectivity index is 0.00000441. The highest BCUT2D eigenvalue weighted by Gasteiger charge is 2.27. The van der Waals surface area contributed by atoms with Gasteiger partial charge in [-0.2, -0.15) is 0 Å². The number of amides is 3. The Morgan fingerprint density at radius 3 is 2.32 bits per heavy atom. The van der Waals surface area contributed by atoms with Crippen LogP contribution in [0.5, 0.6) is 0 Å². The minimum Gasteiger partial charge on any atom is -0.350 e. The number of halogens is 1. The Morgan fingerprint density at radius 2 is 1.86 bits per heavy atom. The average molecular weight is 335 g/mol. The van der Waals surface area contributed by atoms with Crippen LogP contribution in [0.25, 0.3) is 0 Å². The highest BCUT2D eigenvalue weighted by atomic mass is 35.5. The van der Waals surface area contributed by atoms with Crippen LogP contribution in [0.2, 0.25) is 0 Å². The molecule has 0 saturated carbocycles. The van der Waals surface area contributed by atoms with Gasteiger partial charge in [-0.05, 0) is 46.1 Å². The van der Waals surface area contributed by atoms with Gasteiger partial charge in [-0.3, -0.25) is 4.79 Å². The molecule has 0 aromatic heterocycles. The summed E-state index contributed by atoms with van der Waals surface area (Å²) in [6.45, 7) is 11.4. The number of hydrogen-bond donors (Lipinski definition) is 4. The molecule has 1 saturated heterocycles. The average Bonchev–Trinajstić information content (AvgIpc) is 2.34. The van der Waals surface area contributed by atoms with Crippen molar-refractivity contribution in [2.24, 2.45) is 5.92 Å². The van der Waals surface area contributed by atoms with Gasteiger partial charge in [0.1, 0.15) is 6.04 Å². The fraction of sp³-hybridized carbons (Fsp3) is 0.867. The summed E-state index contributed by atoms with van der Waals surface area (Å²) in [6, 6.07) is -0.674. The van der Waals surface area contributed by atoms with Gasteiger partial charge in [-0.1, -0.05) is 13.8 Å². The molecule has 3 amide bonds. The van der Waals surface area contributed by atoms with Crippen molar-refractivity contribution in [1.29, 1.82) is 0 Å². The van der Waals surface area contributed by atoms with Crippen molar-refractivity contribution in [2.45, 2.75) is 65.1 Å². The lowest BCUT2D eigenvalue weighted by Crippen LogP contribution is -2.58. The number of carbonyl (C=O) groups is 2. The Bertz CT molecular complexity index is 363. The van der Waals surface area contributed by atoms with Crippen LogP contribution in [0.4, 0.5) is 4.79 Å². The Kier molecular flexibility index (Phi) is 8.78. The number of urea groups is 1. The summed E-state index contributed by atoms with van der Waals surface area (Å²) >= 11 is 0. The van der Waals surface area contributed by atoms with E-state index < -0.39 is 6.04 Å². The van der Waals surface area contributed by atoms with Crippen molar-refractivity contribution in [3.8, 4) is 0 Å². The molecule has 1 rings (SSSR count). The quantitative estimate of drug-likeness (QED) is 0.627. The number of rotatable bonds is 4. The van der Waals surface area contributed by atoms with Gasteiger partial charge in [0.15, 0.2) is 0 Å². The van der Waals surface area contributed by atoms with E-state index in [1.54, 1.807) is 0 Å². The monoisotopic (exact) mass is 334 g/mol. The lowest BCUT2D eigenvalue weighted by atomic mass is 10.0. The summed E-state index contributed by atoms with van der Waals surface area (Å²) in [5.41, 5.74) is -0.324. The number of hydrogen-bond acceptors (Lipinski definition) is 3. The van der Waals surface area contributed by atoms with E-state index in [-0.39, 0.29) is 41.8 Å². The van der Waals surface area contributed by atoms with Crippen molar-refractivity contribution in [3.63, 3.8) is 0 Å². The predicted octanol–water partition coefficient (Wildman–Crippen LogP) is 1.40. The maximum absolute atomic E-state index is 12.4. The topological polar surface area (TPSA) is 82.3 Å². The normalized spacial score (nSPS) is 19.8. The van der Waals surface area contributed by atoms with Crippen LogP contribution < -0.4 is 21.3 Å². The Morgan fingerprint density at radius 1 is 1.23 bits per heavy atom. The predicted molar refractivity (Wildman–Crippen MR) is 91.3 cm³/mol. The fourth-order valence-electron chi connectivity index (χ4n) is 2.32. The first-order chi connectivity index (χ1) is 9.69. The van der Waals surface area contributed by atoms with E-state index in [4.69, 9.17) is 0 Å². The van der Waals surface area contributed by atoms with E-state index in [0.29, 0.717) is 0 Å². The SMILES string of the molecule is CC(C)[C@H](NC(=O)NC(C)(C)C)C(=O)N[C@H]1CCCNC1.Cl. The van der Waals surface area contributed by atoms with E-state index in [0.717, 1.165) is 25.9 Å². The molecule has 4 N–H and O–H groups in total. The van der Waals surface area contributed by atoms with Gasteiger partial charge in [0.05, 0.1) is 0 Å². The summed E-state index contributed by atoms with van der Waals surface area (Å²) in [5.74, 6) is -0.0740. The van der Waals surface area contributed by atoms with Crippen molar-refractivity contribution < 1.29 is 9.59 Å². The second-order valence-corrected chi connectivity index (χ2v) is 7.12. The number of carbonyl (C=O) groups excluding carboxylic acids is 2. The Hall–Kier alpha value is -1.01. The number of piperidine rings is 1. The molecule has 1 heterocycles. The van der Waals surface area contributed by atoms with Crippen LogP contribution >= 0.6 is 12.4 Å². The molecule has 6 nitrogen and oxygen atoms in total. The van der Waals surface area contributed by atoms with Crippen molar-refractivity contribution in [1.82, 2.24) is 21.3 Å². The van der Waals surface area contributed by atoms with Crippen molar-refractivity contribution in [3.05, 3.63) is 0 Å². The zero-order valence-electron chi connectivity index (χ0n) is 14.3. The maximum atomic E-state index is 12.4. The highest BCUT2D eigenvalue weighted by Crippen LogP contribution is 2.06. The van der Waals surface area contributed by atoms with Crippen LogP contribution in [-0.4, -0.2) is 42.7 Å². The molecular weight excluding hydrogens is 304 g/mol. The molecule has 0 aromatic carbocycles. The van der Waals surface area contributed by atoms with Crippen LogP contribution in [0, 0.1) is 5.92 Å². The standard InChI is InChI=1S/C15H30N4O2.ClH/c1-10(2)12(18-14(21)19-15(3,4)5)13(20)17-11-7-6-8-16-9-11;/h10-12,16H,6-9H2,1-5H3,(H,17,20)(H2,18,19,21);1H/t11-,12-;/m0./s1. The van der Waals surface area contributed by atoms with E-state index in [1.165, 1.54) is 0 Å². The fourth-order valence-corrected chi connectivity index (χ4v) is 2.32. The maximum Gasteiger partial charge on any atom is 0.315 e. The zero-order valence-corrected chi connectivity index (χ0v) is 15.1. The molecule has 2 atom stereocenters. The Labute approximate surface area is 140 Å². The largest absolute Gasteiger partial charge is 0.350 e. The van der Waals surface area contributed by atoms with Crippen molar-refractivity contribution >= 4 is 24.3 Å². The molecule has 0 spiro atoms.